The van der Waals surface area contributed by atoms with Crippen molar-refractivity contribution < 1.29 is 14.7 Å². The first kappa shape index (κ1) is 18.9. The maximum Gasteiger partial charge on any atom is 0.264 e. The van der Waals surface area contributed by atoms with Crippen LogP contribution in [0.4, 0.5) is 11.4 Å². The number of aryl methyl sites for hydroxylation is 1. The van der Waals surface area contributed by atoms with Crippen LogP contribution in [-0.2, 0) is 16.9 Å². The molecule has 3 aromatic rings. The van der Waals surface area contributed by atoms with E-state index in [2.05, 4.69) is 0 Å². The normalized spacial score (nSPS) is 18.0. The van der Waals surface area contributed by atoms with Gasteiger partial charge < -0.3 is 15.7 Å². The number of anilines is 2. The van der Waals surface area contributed by atoms with Gasteiger partial charge in [0, 0.05) is 16.8 Å². The highest BCUT2D eigenvalue weighted by molar-refractivity contribution is 6.10. The van der Waals surface area contributed by atoms with E-state index in [9.17, 15) is 14.7 Å². The third kappa shape index (κ3) is 3.30. The van der Waals surface area contributed by atoms with Crippen LogP contribution in [-0.4, -0.2) is 16.8 Å². The molecule has 0 spiro atoms. The number of nitrogens with two attached hydrogens (primary N) is 1. The number of benzene rings is 3. The van der Waals surface area contributed by atoms with Gasteiger partial charge in [0.05, 0.1) is 18.7 Å². The summed E-state index contributed by atoms with van der Waals surface area (Å²) in [5.74, 6) is -0.792. The number of aliphatic hydroxyl groups is 1. The second-order valence-corrected chi connectivity index (χ2v) is 7.42. The van der Waals surface area contributed by atoms with Crippen LogP contribution >= 0.6 is 0 Å². The molecule has 5 heteroatoms. The molecule has 0 saturated carbocycles. The number of hydrogen-bond acceptors (Lipinski definition) is 4. The fourth-order valence-electron chi connectivity index (χ4n) is 3.80. The summed E-state index contributed by atoms with van der Waals surface area (Å²) >= 11 is 0. The van der Waals surface area contributed by atoms with Crippen molar-refractivity contribution in [2.75, 3.05) is 10.6 Å². The van der Waals surface area contributed by atoms with Gasteiger partial charge in [-0.25, -0.2) is 0 Å². The minimum absolute atomic E-state index is 0.312. The third-order valence-corrected chi connectivity index (χ3v) is 5.48. The molecule has 29 heavy (non-hydrogen) atoms. The number of para-hydroxylation sites is 1. The fourth-order valence-corrected chi connectivity index (χ4v) is 3.80. The lowest BCUT2D eigenvalue weighted by Gasteiger charge is -2.23. The van der Waals surface area contributed by atoms with Crippen LogP contribution in [0.2, 0.25) is 0 Å². The molecule has 146 valence electrons. The van der Waals surface area contributed by atoms with Gasteiger partial charge in [0.1, 0.15) is 0 Å². The molecule has 3 N–H and O–H groups in total. The standard InChI is InChI=1S/C24H22N2O3/c1-16-6-2-3-7-18(16)15-26-21-9-5-4-8-20(21)24(29,23(26)28)14-22(27)17-10-12-19(25)13-11-17/h2-13,29H,14-15,25H2,1H3/t24-/m0/s1. The quantitative estimate of drug-likeness (QED) is 0.519. The van der Waals surface area contributed by atoms with Gasteiger partial charge in [0.2, 0.25) is 0 Å². The molecule has 1 amide bonds. The van der Waals surface area contributed by atoms with Crippen molar-refractivity contribution in [1.82, 2.24) is 0 Å². The molecule has 1 atom stereocenters. The van der Waals surface area contributed by atoms with Crippen molar-refractivity contribution in [3.8, 4) is 0 Å². The number of ketones is 1. The van der Waals surface area contributed by atoms with Crippen molar-refractivity contribution in [2.45, 2.75) is 25.5 Å². The number of Topliss-reactive ketones (excluding diaryl/α,β-unsaturated/α-hetero) is 1. The number of rotatable bonds is 5. The van der Waals surface area contributed by atoms with Crippen LogP contribution in [0.3, 0.4) is 0 Å². The van der Waals surface area contributed by atoms with E-state index in [1.807, 2.05) is 37.3 Å². The van der Waals surface area contributed by atoms with Gasteiger partial charge in [-0.2, -0.15) is 0 Å². The van der Waals surface area contributed by atoms with Crippen molar-refractivity contribution in [1.29, 1.82) is 0 Å². The van der Waals surface area contributed by atoms with Crippen LogP contribution in [0.15, 0.2) is 72.8 Å². The van der Waals surface area contributed by atoms with E-state index in [1.54, 1.807) is 47.4 Å². The molecule has 0 aromatic heterocycles. The maximum absolute atomic E-state index is 13.3. The Kier molecular flexibility index (Phi) is 4.68. The molecule has 1 aliphatic heterocycles. The molecule has 4 rings (SSSR count). The second-order valence-electron chi connectivity index (χ2n) is 7.42. The Bertz CT molecular complexity index is 1090. The topological polar surface area (TPSA) is 83.6 Å². The minimum Gasteiger partial charge on any atom is -0.399 e. The van der Waals surface area contributed by atoms with Gasteiger partial charge in [0.25, 0.3) is 5.91 Å². The maximum atomic E-state index is 13.3. The van der Waals surface area contributed by atoms with Crippen LogP contribution in [0.1, 0.15) is 33.5 Å². The summed E-state index contributed by atoms with van der Waals surface area (Å²) in [6.45, 7) is 2.32. The molecule has 0 radical (unpaired) electrons. The molecule has 1 aliphatic rings. The second kappa shape index (κ2) is 7.18. The van der Waals surface area contributed by atoms with Crippen molar-refractivity contribution in [3.63, 3.8) is 0 Å². The van der Waals surface area contributed by atoms with Crippen molar-refractivity contribution in [3.05, 3.63) is 95.1 Å². The van der Waals surface area contributed by atoms with E-state index < -0.39 is 11.5 Å². The van der Waals surface area contributed by atoms with Gasteiger partial charge in [-0.3, -0.25) is 9.59 Å². The van der Waals surface area contributed by atoms with Gasteiger partial charge in [-0.15, -0.1) is 0 Å². The lowest BCUT2D eigenvalue weighted by atomic mass is 9.88. The Morgan fingerprint density at radius 3 is 2.38 bits per heavy atom. The van der Waals surface area contributed by atoms with E-state index in [-0.39, 0.29) is 12.2 Å². The first-order valence-corrected chi connectivity index (χ1v) is 9.47. The number of nitrogen functional groups attached to an aromatic ring is 1. The molecule has 3 aromatic carbocycles. The molecule has 0 bridgehead atoms. The van der Waals surface area contributed by atoms with Crippen molar-refractivity contribution >= 4 is 23.1 Å². The molecular formula is C24H22N2O3. The summed E-state index contributed by atoms with van der Waals surface area (Å²) < 4.78 is 0. The Balaban J connectivity index is 1.69. The number of amides is 1. The van der Waals surface area contributed by atoms with Crippen LogP contribution in [0, 0.1) is 6.92 Å². The first-order chi connectivity index (χ1) is 13.9. The monoisotopic (exact) mass is 386 g/mol. The van der Waals surface area contributed by atoms with E-state index in [0.29, 0.717) is 29.0 Å². The summed E-state index contributed by atoms with van der Waals surface area (Å²) in [5.41, 5.74) is 7.90. The predicted molar refractivity (Wildman–Crippen MR) is 113 cm³/mol. The van der Waals surface area contributed by atoms with Gasteiger partial charge in [0.15, 0.2) is 11.4 Å². The largest absolute Gasteiger partial charge is 0.399 e. The summed E-state index contributed by atoms with van der Waals surface area (Å²) in [5, 5.41) is 11.4. The zero-order valence-corrected chi connectivity index (χ0v) is 16.1. The number of nitrogens with zero attached hydrogens (tertiary/aromatic N) is 1. The van der Waals surface area contributed by atoms with Crippen molar-refractivity contribution in [2.24, 2.45) is 0 Å². The molecule has 0 unspecified atom stereocenters. The zero-order chi connectivity index (χ0) is 20.6. The fraction of sp³-hybridized carbons (Fsp3) is 0.167. The molecule has 0 aliphatic carbocycles. The Labute approximate surface area is 169 Å². The molecular weight excluding hydrogens is 364 g/mol. The smallest absolute Gasteiger partial charge is 0.264 e. The van der Waals surface area contributed by atoms with Crippen LogP contribution < -0.4 is 10.6 Å². The third-order valence-electron chi connectivity index (χ3n) is 5.48. The van der Waals surface area contributed by atoms with E-state index in [0.717, 1.165) is 11.1 Å². The van der Waals surface area contributed by atoms with E-state index in [1.165, 1.54) is 0 Å². The average Bonchev–Trinajstić information content (AvgIpc) is 2.92. The van der Waals surface area contributed by atoms with Gasteiger partial charge in [-0.05, 0) is 48.4 Å². The number of carbonyl (C=O) groups excluding carboxylic acids is 2. The minimum atomic E-state index is -1.89. The first-order valence-electron chi connectivity index (χ1n) is 9.47. The Hall–Kier alpha value is -3.44. The summed E-state index contributed by atoms with van der Waals surface area (Å²) in [6, 6.07) is 21.4. The number of hydrogen-bond donors (Lipinski definition) is 2. The summed E-state index contributed by atoms with van der Waals surface area (Å²) in [7, 11) is 0. The molecule has 0 saturated heterocycles. The Morgan fingerprint density at radius 1 is 1.00 bits per heavy atom. The predicted octanol–water partition coefficient (Wildman–Crippen LogP) is 3.58. The molecule has 0 fully saturated rings. The van der Waals surface area contributed by atoms with Crippen LogP contribution in [0.5, 0.6) is 0 Å². The highest BCUT2D eigenvalue weighted by Crippen LogP contribution is 2.43. The zero-order valence-electron chi connectivity index (χ0n) is 16.1. The summed E-state index contributed by atoms with van der Waals surface area (Å²) in [6.07, 6.45) is -0.322. The van der Waals surface area contributed by atoms with Crippen LogP contribution in [0.25, 0.3) is 0 Å². The summed E-state index contributed by atoms with van der Waals surface area (Å²) in [4.78, 5) is 27.7. The average molecular weight is 386 g/mol. The highest BCUT2D eigenvalue weighted by atomic mass is 16.3. The Morgan fingerprint density at radius 2 is 1.66 bits per heavy atom. The van der Waals surface area contributed by atoms with E-state index in [4.69, 9.17) is 5.73 Å². The van der Waals surface area contributed by atoms with E-state index >= 15 is 0 Å². The lowest BCUT2D eigenvalue weighted by Crippen LogP contribution is -2.41. The molecule has 5 nitrogen and oxygen atoms in total. The molecule has 1 heterocycles. The van der Waals surface area contributed by atoms with Gasteiger partial charge in [-0.1, -0.05) is 42.5 Å². The highest BCUT2D eigenvalue weighted by Gasteiger charge is 2.50. The number of fused-ring (bicyclic) bond motifs is 1. The van der Waals surface area contributed by atoms with Gasteiger partial charge >= 0.3 is 0 Å². The number of carbonyl (C=O) groups is 2. The SMILES string of the molecule is Cc1ccccc1CN1C(=O)[C@](O)(CC(=O)c2ccc(N)cc2)c2ccccc21. The lowest BCUT2D eigenvalue weighted by molar-refractivity contribution is -0.136.